The lowest BCUT2D eigenvalue weighted by molar-refractivity contribution is -0.384. The summed E-state index contributed by atoms with van der Waals surface area (Å²) < 4.78 is 1.29. The average Bonchev–Trinajstić information content (AvgIpc) is 3.22. The lowest BCUT2D eigenvalue weighted by Crippen LogP contribution is -2.28. The molecule has 0 radical (unpaired) electrons. The second kappa shape index (κ2) is 8.07. The summed E-state index contributed by atoms with van der Waals surface area (Å²) in [5, 5.41) is 20.9. The highest BCUT2D eigenvalue weighted by Crippen LogP contribution is 2.28. The van der Waals surface area contributed by atoms with Crippen molar-refractivity contribution in [1.82, 2.24) is 14.8 Å². The van der Waals surface area contributed by atoms with Crippen LogP contribution in [0.15, 0.2) is 58.7 Å². The first kappa shape index (κ1) is 20.4. The summed E-state index contributed by atoms with van der Waals surface area (Å²) in [5.41, 5.74) is 0.903. The van der Waals surface area contributed by atoms with Crippen molar-refractivity contribution < 1.29 is 9.72 Å². The van der Waals surface area contributed by atoms with E-state index in [1.807, 2.05) is 13.8 Å². The van der Waals surface area contributed by atoms with Crippen LogP contribution in [0, 0.1) is 10.1 Å². The largest absolute Gasteiger partial charge is 0.296 e. The minimum atomic E-state index is -0.495. The van der Waals surface area contributed by atoms with Gasteiger partial charge < -0.3 is 0 Å². The smallest absolute Gasteiger partial charge is 0.278 e. The molecular formula is C21H17N5O4S. The molecule has 1 N–H and O–H groups in total. The van der Waals surface area contributed by atoms with Gasteiger partial charge in [0, 0.05) is 28.5 Å². The van der Waals surface area contributed by atoms with Crippen molar-refractivity contribution >= 4 is 38.8 Å². The first-order valence-electron chi connectivity index (χ1n) is 9.38. The van der Waals surface area contributed by atoms with Crippen LogP contribution in [0.5, 0.6) is 0 Å². The number of fused-ring (bicyclic) bond motifs is 1. The summed E-state index contributed by atoms with van der Waals surface area (Å²) in [5.74, 6) is -0.495. The first-order valence-corrected chi connectivity index (χ1v) is 10.3. The predicted octanol–water partition coefficient (Wildman–Crippen LogP) is 4.26. The summed E-state index contributed by atoms with van der Waals surface area (Å²) in [6.07, 6.45) is 0. The summed E-state index contributed by atoms with van der Waals surface area (Å²) in [6, 6.07) is 12.7. The molecular weight excluding hydrogens is 418 g/mol. The highest BCUT2D eigenvalue weighted by atomic mass is 32.1. The number of nitro groups is 1. The van der Waals surface area contributed by atoms with E-state index in [9.17, 15) is 19.7 Å². The van der Waals surface area contributed by atoms with Crippen molar-refractivity contribution in [3.8, 4) is 11.3 Å². The van der Waals surface area contributed by atoms with Crippen LogP contribution in [0.3, 0.4) is 0 Å². The number of amides is 1. The Kier molecular flexibility index (Phi) is 5.30. The highest BCUT2D eigenvalue weighted by molar-refractivity contribution is 7.14. The SMILES string of the molecule is CC(C)n1nc(C(=O)Nc2nc(-c3cccc([N+](=O)[O-])c3)cs2)c2ccccc2c1=O. The molecule has 0 saturated carbocycles. The molecule has 4 aromatic rings. The zero-order chi connectivity index (χ0) is 22.1. The van der Waals surface area contributed by atoms with Crippen molar-refractivity contribution in [2.75, 3.05) is 5.32 Å². The molecule has 4 rings (SSSR count). The molecule has 0 saturated heterocycles. The van der Waals surface area contributed by atoms with Gasteiger partial charge in [0.15, 0.2) is 10.8 Å². The number of thiazole rings is 1. The molecule has 0 fully saturated rings. The van der Waals surface area contributed by atoms with Crippen molar-refractivity contribution in [3.63, 3.8) is 0 Å². The minimum Gasteiger partial charge on any atom is -0.296 e. The number of aromatic nitrogens is 3. The molecule has 0 aliphatic heterocycles. The van der Waals surface area contributed by atoms with Crippen LogP contribution in [0.25, 0.3) is 22.0 Å². The molecule has 0 atom stereocenters. The highest BCUT2D eigenvalue weighted by Gasteiger charge is 2.19. The van der Waals surface area contributed by atoms with E-state index in [1.54, 1.807) is 41.8 Å². The fourth-order valence-corrected chi connectivity index (χ4v) is 3.84. The van der Waals surface area contributed by atoms with Gasteiger partial charge in [-0.25, -0.2) is 9.67 Å². The number of anilines is 1. The Labute approximate surface area is 180 Å². The van der Waals surface area contributed by atoms with E-state index in [1.165, 1.54) is 28.2 Å². The van der Waals surface area contributed by atoms with Gasteiger partial charge >= 0.3 is 0 Å². The van der Waals surface area contributed by atoms with Crippen LogP contribution in [-0.2, 0) is 0 Å². The fraction of sp³-hybridized carbons (Fsp3) is 0.143. The van der Waals surface area contributed by atoms with Gasteiger partial charge in [0.2, 0.25) is 0 Å². The number of rotatable bonds is 5. The van der Waals surface area contributed by atoms with E-state index >= 15 is 0 Å². The number of benzene rings is 2. The first-order chi connectivity index (χ1) is 14.8. The Bertz CT molecular complexity index is 1380. The molecule has 9 nitrogen and oxygen atoms in total. The van der Waals surface area contributed by atoms with E-state index in [-0.39, 0.29) is 23.0 Å². The summed E-state index contributed by atoms with van der Waals surface area (Å²) in [7, 11) is 0. The van der Waals surface area contributed by atoms with Crippen LogP contribution in [0.1, 0.15) is 30.4 Å². The van der Waals surface area contributed by atoms with Crippen molar-refractivity contribution in [2.24, 2.45) is 0 Å². The summed E-state index contributed by atoms with van der Waals surface area (Å²) in [4.78, 5) is 40.5. The van der Waals surface area contributed by atoms with Crippen molar-refractivity contribution in [3.05, 3.63) is 80.1 Å². The van der Waals surface area contributed by atoms with Gasteiger partial charge in [-0.15, -0.1) is 11.3 Å². The zero-order valence-corrected chi connectivity index (χ0v) is 17.4. The second-order valence-corrected chi connectivity index (χ2v) is 7.90. The molecule has 0 aliphatic carbocycles. The van der Waals surface area contributed by atoms with E-state index in [0.717, 1.165) is 0 Å². The van der Waals surface area contributed by atoms with E-state index in [2.05, 4.69) is 15.4 Å². The molecule has 10 heteroatoms. The number of nitrogens with zero attached hydrogens (tertiary/aromatic N) is 4. The van der Waals surface area contributed by atoms with Crippen LogP contribution < -0.4 is 10.9 Å². The third kappa shape index (κ3) is 3.92. The number of carbonyl (C=O) groups is 1. The van der Waals surface area contributed by atoms with Crippen LogP contribution in [-0.4, -0.2) is 25.6 Å². The van der Waals surface area contributed by atoms with Crippen molar-refractivity contribution in [2.45, 2.75) is 19.9 Å². The molecule has 1 amide bonds. The average molecular weight is 435 g/mol. The maximum absolute atomic E-state index is 13.0. The second-order valence-electron chi connectivity index (χ2n) is 7.04. The lowest BCUT2D eigenvalue weighted by Gasteiger charge is -2.12. The fourth-order valence-electron chi connectivity index (χ4n) is 3.12. The normalized spacial score (nSPS) is 11.1. The maximum Gasteiger partial charge on any atom is 0.278 e. The number of nitro benzene ring substituents is 1. The third-order valence-electron chi connectivity index (χ3n) is 4.61. The molecule has 0 bridgehead atoms. The molecule has 31 heavy (non-hydrogen) atoms. The predicted molar refractivity (Wildman–Crippen MR) is 119 cm³/mol. The monoisotopic (exact) mass is 435 g/mol. The molecule has 0 unspecified atom stereocenters. The molecule has 2 heterocycles. The quantitative estimate of drug-likeness (QED) is 0.369. The van der Waals surface area contributed by atoms with Gasteiger partial charge in [-0.05, 0) is 19.9 Å². The summed E-state index contributed by atoms with van der Waals surface area (Å²) in [6.45, 7) is 3.63. The Morgan fingerprint density at radius 3 is 2.61 bits per heavy atom. The minimum absolute atomic E-state index is 0.0392. The van der Waals surface area contributed by atoms with Gasteiger partial charge in [0.25, 0.3) is 17.2 Å². The third-order valence-corrected chi connectivity index (χ3v) is 5.37. The van der Waals surface area contributed by atoms with Gasteiger partial charge in [-0.2, -0.15) is 5.10 Å². The lowest BCUT2D eigenvalue weighted by atomic mass is 10.1. The van der Waals surface area contributed by atoms with Gasteiger partial charge in [0.1, 0.15) is 0 Å². The van der Waals surface area contributed by atoms with Crippen LogP contribution >= 0.6 is 11.3 Å². The van der Waals surface area contributed by atoms with Crippen LogP contribution in [0.2, 0.25) is 0 Å². The Morgan fingerprint density at radius 2 is 1.90 bits per heavy atom. The number of hydrogen-bond donors (Lipinski definition) is 1. The Balaban J connectivity index is 1.68. The Morgan fingerprint density at radius 1 is 1.16 bits per heavy atom. The number of non-ortho nitro benzene ring substituents is 1. The van der Waals surface area contributed by atoms with Crippen molar-refractivity contribution in [1.29, 1.82) is 0 Å². The standard InChI is InChI=1S/C21H17N5O4S/c1-12(2)25-20(28)16-9-4-3-8-15(16)18(24-25)19(27)23-21-22-17(11-31-21)13-6-5-7-14(10-13)26(29)30/h3-12H,1-2H3,(H,22,23,27). The zero-order valence-electron chi connectivity index (χ0n) is 16.6. The number of nitrogens with one attached hydrogen (secondary N) is 1. The Hall–Kier alpha value is -3.92. The molecule has 156 valence electrons. The van der Waals surface area contributed by atoms with E-state index < -0.39 is 10.8 Å². The van der Waals surface area contributed by atoms with Gasteiger partial charge in [0.05, 0.1) is 22.0 Å². The van der Waals surface area contributed by atoms with E-state index in [0.29, 0.717) is 27.2 Å². The van der Waals surface area contributed by atoms with Crippen LogP contribution in [0.4, 0.5) is 10.8 Å². The molecule has 2 aromatic carbocycles. The molecule has 0 aliphatic rings. The van der Waals surface area contributed by atoms with Gasteiger partial charge in [-0.3, -0.25) is 25.0 Å². The number of carbonyl (C=O) groups excluding carboxylic acids is 1. The molecule has 2 aromatic heterocycles. The van der Waals surface area contributed by atoms with E-state index in [4.69, 9.17) is 0 Å². The summed E-state index contributed by atoms with van der Waals surface area (Å²) >= 11 is 1.19. The topological polar surface area (TPSA) is 120 Å². The molecule has 0 spiro atoms. The van der Waals surface area contributed by atoms with Gasteiger partial charge in [-0.1, -0.05) is 30.3 Å². The number of hydrogen-bond acceptors (Lipinski definition) is 7. The maximum atomic E-state index is 13.0.